The fraction of sp³-hybridized carbons (Fsp3) is 0.231. The van der Waals surface area contributed by atoms with E-state index in [1.807, 2.05) is 12.1 Å². The molecule has 8 nitrogen and oxygen atoms in total. The van der Waals surface area contributed by atoms with E-state index in [0.717, 1.165) is 11.3 Å². The summed E-state index contributed by atoms with van der Waals surface area (Å²) in [5.41, 5.74) is 12.8. The van der Waals surface area contributed by atoms with Crippen LogP contribution in [-0.2, 0) is 9.59 Å². The highest BCUT2D eigenvalue weighted by atomic mass is 32.2. The molecule has 10 heteroatoms. The van der Waals surface area contributed by atoms with Gasteiger partial charge in [-0.15, -0.1) is 22.8 Å². The van der Waals surface area contributed by atoms with Crippen molar-refractivity contribution in [2.75, 3.05) is 10.7 Å². The number of carbonyl (C=O) groups is 2. The van der Waals surface area contributed by atoms with E-state index < -0.39 is 0 Å². The van der Waals surface area contributed by atoms with Crippen LogP contribution in [0.25, 0.3) is 0 Å². The topological polar surface area (TPSA) is 122 Å². The van der Waals surface area contributed by atoms with Crippen LogP contribution in [0.5, 0.6) is 0 Å². The Labute approximate surface area is 142 Å². The van der Waals surface area contributed by atoms with Crippen molar-refractivity contribution in [3.63, 3.8) is 0 Å². The molecule has 0 saturated carbocycles. The molecule has 0 aliphatic heterocycles. The molecule has 2 rings (SSSR count). The van der Waals surface area contributed by atoms with Crippen molar-refractivity contribution >= 4 is 47.1 Å². The van der Waals surface area contributed by atoms with Crippen molar-refractivity contribution in [2.24, 2.45) is 5.73 Å². The van der Waals surface area contributed by atoms with E-state index in [2.05, 4.69) is 39.0 Å². The minimum atomic E-state index is -0.260. The maximum atomic E-state index is 11.8. The number of amides is 2. The summed E-state index contributed by atoms with van der Waals surface area (Å²) in [5, 5.41) is 10.5. The number of hydrogen-bond donors (Lipinski definition) is 5. The Hall–Kier alpha value is -2.17. The van der Waals surface area contributed by atoms with Gasteiger partial charge in [-0.1, -0.05) is 23.5 Å². The summed E-state index contributed by atoms with van der Waals surface area (Å²) >= 11 is 5.23. The largest absolute Gasteiger partial charge is 0.324 e. The zero-order chi connectivity index (χ0) is 16.7. The smallest absolute Gasteiger partial charge is 0.226 e. The van der Waals surface area contributed by atoms with Gasteiger partial charge < -0.3 is 11.1 Å². The molecular weight excluding hydrogens is 336 g/mol. The van der Waals surface area contributed by atoms with Gasteiger partial charge in [-0.25, -0.2) is 0 Å². The standard InChI is InChI=1S/C13H16N6O2S2/c14-10(8-1-3-9(4-2-8)17-15-7-20)5-6-11(21)16-12-18-19-13(22)23-12/h1-4,7,10,17H,5-6,14H2,(H,15,20)(H,19,22)(H,16,18,21). The third-order valence-electron chi connectivity index (χ3n) is 2.96. The van der Waals surface area contributed by atoms with Crippen LogP contribution < -0.4 is 21.9 Å². The van der Waals surface area contributed by atoms with Crippen LogP contribution in [-0.4, -0.2) is 22.5 Å². The molecule has 2 aromatic rings. The van der Waals surface area contributed by atoms with Crippen LogP contribution in [0, 0.1) is 0 Å². The number of nitrogens with two attached hydrogens (primary N) is 1. The normalized spacial score (nSPS) is 11.6. The summed E-state index contributed by atoms with van der Waals surface area (Å²) in [5.74, 6) is -0.168. The molecular formula is C13H16N6O2S2. The zero-order valence-corrected chi connectivity index (χ0v) is 13.7. The molecule has 1 aromatic carbocycles. The van der Waals surface area contributed by atoms with E-state index >= 15 is 0 Å². The predicted octanol–water partition coefficient (Wildman–Crippen LogP) is 1.32. The lowest BCUT2D eigenvalue weighted by Gasteiger charge is -2.12. The zero-order valence-electron chi connectivity index (χ0n) is 12.0. The van der Waals surface area contributed by atoms with E-state index in [0.29, 0.717) is 22.3 Å². The molecule has 2 amide bonds. The second-order valence-electron chi connectivity index (χ2n) is 4.59. The van der Waals surface area contributed by atoms with Gasteiger partial charge in [0, 0.05) is 12.5 Å². The Balaban J connectivity index is 1.80. The summed E-state index contributed by atoms with van der Waals surface area (Å²) < 4.78 is 0.495. The molecule has 1 unspecified atom stereocenters. The number of benzene rings is 1. The predicted molar refractivity (Wildman–Crippen MR) is 91.2 cm³/mol. The Morgan fingerprint density at radius 3 is 2.70 bits per heavy atom. The third-order valence-corrected chi connectivity index (χ3v) is 3.96. The van der Waals surface area contributed by atoms with Gasteiger partial charge in [0.1, 0.15) is 0 Å². The van der Waals surface area contributed by atoms with Crippen molar-refractivity contribution in [3.05, 3.63) is 29.8 Å². The lowest BCUT2D eigenvalue weighted by molar-refractivity contribution is -0.116. The van der Waals surface area contributed by atoms with Crippen molar-refractivity contribution in [1.82, 2.24) is 15.6 Å². The molecule has 0 spiro atoms. The van der Waals surface area contributed by atoms with Gasteiger partial charge in [0.2, 0.25) is 17.4 Å². The van der Waals surface area contributed by atoms with E-state index in [1.54, 1.807) is 12.1 Å². The summed E-state index contributed by atoms with van der Waals surface area (Å²) in [6.07, 6.45) is 1.32. The molecule has 5 N–H and O–H groups in total. The van der Waals surface area contributed by atoms with Crippen LogP contribution in [0.15, 0.2) is 28.6 Å². The number of aromatic nitrogens is 2. The van der Waals surface area contributed by atoms with Gasteiger partial charge >= 0.3 is 0 Å². The van der Waals surface area contributed by atoms with E-state index in [1.165, 1.54) is 11.3 Å². The molecule has 1 aromatic heterocycles. The summed E-state index contributed by atoms with van der Waals surface area (Å²) in [7, 11) is 0. The molecule has 1 heterocycles. The Kier molecular flexibility index (Phi) is 6.32. The van der Waals surface area contributed by atoms with Gasteiger partial charge in [-0.3, -0.25) is 20.4 Å². The highest BCUT2D eigenvalue weighted by molar-refractivity contribution is 7.82. The lowest BCUT2D eigenvalue weighted by Crippen LogP contribution is -2.19. The number of carbonyl (C=O) groups excluding carboxylic acids is 2. The number of rotatable bonds is 8. The fourth-order valence-corrected chi connectivity index (χ4v) is 2.63. The molecule has 0 fully saturated rings. The first-order valence-electron chi connectivity index (χ1n) is 6.71. The number of nitrogens with zero attached hydrogens (tertiary/aromatic N) is 2. The van der Waals surface area contributed by atoms with Crippen LogP contribution >= 0.6 is 24.0 Å². The number of anilines is 2. The molecule has 0 aliphatic carbocycles. The van der Waals surface area contributed by atoms with Crippen molar-refractivity contribution in [2.45, 2.75) is 23.2 Å². The molecule has 122 valence electrons. The first-order chi connectivity index (χ1) is 11.1. The average Bonchev–Trinajstić information content (AvgIpc) is 2.96. The van der Waals surface area contributed by atoms with Gasteiger partial charge in [0.25, 0.3) is 0 Å². The molecule has 23 heavy (non-hydrogen) atoms. The van der Waals surface area contributed by atoms with Crippen LogP contribution in [0.2, 0.25) is 0 Å². The second-order valence-corrected chi connectivity index (χ2v) is 6.30. The Morgan fingerprint density at radius 2 is 2.09 bits per heavy atom. The third kappa shape index (κ3) is 5.51. The van der Waals surface area contributed by atoms with Gasteiger partial charge in [-0.05, 0) is 24.1 Å². The minimum Gasteiger partial charge on any atom is -0.324 e. The number of hydrogen-bond acceptors (Lipinski definition) is 8. The molecule has 0 bridgehead atoms. The number of nitrogens with one attached hydrogen (secondary N) is 3. The first kappa shape index (κ1) is 17.2. The minimum absolute atomic E-state index is 0.168. The first-order valence-corrected chi connectivity index (χ1v) is 7.98. The van der Waals surface area contributed by atoms with Gasteiger partial charge in [0.05, 0.1) is 5.69 Å². The van der Waals surface area contributed by atoms with Gasteiger partial charge in [-0.2, -0.15) is 0 Å². The summed E-state index contributed by atoms with van der Waals surface area (Å²) in [4.78, 5) is 22.0. The van der Waals surface area contributed by atoms with Crippen LogP contribution in [0.3, 0.4) is 0 Å². The molecule has 0 aliphatic rings. The van der Waals surface area contributed by atoms with E-state index in [4.69, 9.17) is 5.73 Å². The number of hydrazine groups is 1. The maximum Gasteiger partial charge on any atom is 0.226 e. The van der Waals surface area contributed by atoms with Crippen molar-refractivity contribution in [1.29, 1.82) is 0 Å². The molecule has 0 saturated heterocycles. The second kappa shape index (κ2) is 8.46. The van der Waals surface area contributed by atoms with Crippen LogP contribution in [0.4, 0.5) is 10.8 Å². The van der Waals surface area contributed by atoms with E-state index in [9.17, 15) is 9.59 Å². The highest BCUT2D eigenvalue weighted by Gasteiger charge is 2.11. The quantitative estimate of drug-likeness (QED) is 0.211. The van der Waals surface area contributed by atoms with Crippen LogP contribution in [0.1, 0.15) is 24.4 Å². The highest BCUT2D eigenvalue weighted by Crippen LogP contribution is 2.20. The maximum absolute atomic E-state index is 11.8. The Morgan fingerprint density at radius 1 is 1.35 bits per heavy atom. The molecule has 1 atom stereocenters. The number of thiol groups is 1. The summed E-state index contributed by atoms with van der Waals surface area (Å²) in [6.45, 7) is 0. The monoisotopic (exact) mass is 352 g/mol. The Bertz CT molecular complexity index is 661. The summed E-state index contributed by atoms with van der Waals surface area (Å²) in [6, 6.07) is 7.01. The van der Waals surface area contributed by atoms with E-state index in [-0.39, 0.29) is 18.4 Å². The molecule has 0 radical (unpaired) electrons. The van der Waals surface area contributed by atoms with Gasteiger partial charge in [0.15, 0.2) is 4.34 Å². The SMILES string of the molecule is NC(CCC(=O)Nc1nnc(S)s1)c1ccc(NNC=O)cc1. The fourth-order valence-electron chi connectivity index (χ4n) is 1.83. The average molecular weight is 352 g/mol. The van der Waals surface area contributed by atoms with Crippen molar-refractivity contribution in [3.8, 4) is 0 Å². The van der Waals surface area contributed by atoms with Crippen molar-refractivity contribution < 1.29 is 9.59 Å². The lowest BCUT2D eigenvalue weighted by atomic mass is 10.0.